The summed E-state index contributed by atoms with van der Waals surface area (Å²) in [6.45, 7) is 0. The van der Waals surface area contributed by atoms with Crippen LogP contribution in [0.1, 0.15) is 0 Å². The number of hydrogen-bond donors (Lipinski definition) is 0. The second-order valence-electron chi connectivity index (χ2n) is 2.84. The third kappa shape index (κ3) is 3.65. The molecule has 6 heteroatoms. The number of rotatable bonds is 4. The van der Waals surface area contributed by atoms with Crippen LogP contribution in [0, 0.1) is 0 Å². The van der Waals surface area contributed by atoms with Crippen LogP contribution in [0.15, 0.2) is 11.8 Å². The van der Waals surface area contributed by atoms with Crippen LogP contribution in [0.5, 0.6) is 0 Å². The van der Waals surface area contributed by atoms with Crippen molar-refractivity contribution in [3.05, 3.63) is 11.8 Å². The van der Waals surface area contributed by atoms with E-state index in [0.29, 0.717) is 0 Å². The van der Waals surface area contributed by atoms with Gasteiger partial charge >= 0.3 is 12.4 Å². The monoisotopic (exact) mass is 222 g/mol. The van der Waals surface area contributed by atoms with Crippen molar-refractivity contribution in [3.8, 4) is 0 Å². The Balaban J connectivity index is 5.33. The lowest BCUT2D eigenvalue weighted by Crippen LogP contribution is -2.28. The topological polar surface area (TPSA) is 38.5 Å². The number of nitrogens with zero attached hydrogens (tertiary/aromatic N) is 1. The van der Waals surface area contributed by atoms with Crippen LogP contribution in [0.2, 0.25) is 0 Å². The summed E-state index contributed by atoms with van der Waals surface area (Å²) in [7, 11) is 5.20. The molecule has 0 radical (unpaired) electrons. The minimum absolute atomic E-state index is 0.292. The highest BCUT2D eigenvalue weighted by Gasteiger charge is 2.32. The first-order valence-corrected chi connectivity index (χ1v) is 4.09. The zero-order chi connectivity index (χ0) is 12.0. The molecule has 0 aromatic rings. The summed E-state index contributed by atoms with van der Waals surface area (Å²) < 4.78 is 35.4. The first-order valence-electron chi connectivity index (χ1n) is 4.09. The molecule has 0 aromatic heterocycles. The molecule has 0 saturated carbocycles. The van der Waals surface area contributed by atoms with Gasteiger partial charge in [0.1, 0.15) is 20.4 Å². The maximum atomic E-state index is 12.6. The Morgan fingerprint density at radius 1 is 1.33 bits per heavy atom. The molecule has 86 valence electrons. The number of esters is 1. The molecular formula is C9H14F2NO3+. The summed E-state index contributed by atoms with van der Waals surface area (Å²) in [4.78, 5) is 11.2. The average Bonchev–Trinajstić information content (AvgIpc) is 2.14. The summed E-state index contributed by atoms with van der Waals surface area (Å²) in [6.07, 6.45) is -1.84. The molecule has 0 amide bonds. The Morgan fingerprint density at radius 2 is 1.87 bits per heavy atom. The molecule has 0 rings (SSSR count). The van der Waals surface area contributed by atoms with Gasteiger partial charge in [-0.15, -0.1) is 0 Å². The summed E-state index contributed by atoms with van der Waals surface area (Å²) in [5.74, 6) is -0.860. The molecule has 0 saturated heterocycles. The number of carbonyl (C=O) groups is 1. The summed E-state index contributed by atoms with van der Waals surface area (Å²) in [6, 6.07) is 0. The highest BCUT2D eigenvalue weighted by molar-refractivity contribution is 6.18. The Morgan fingerprint density at radius 3 is 2.13 bits per heavy atom. The molecule has 0 aliphatic rings. The standard InChI is InChI=1S/C9H14F2NO3/c1-12(2)7(8(10)11)6(5-14-3)9(13)15-4/h5,8H,1-4H3/q+1/b6-5-. The second kappa shape index (κ2) is 6.10. The van der Waals surface area contributed by atoms with E-state index in [0.717, 1.165) is 17.9 Å². The van der Waals surface area contributed by atoms with Gasteiger partial charge < -0.3 is 9.47 Å². The van der Waals surface area contributed by atoms with Gasteiger partial charge in [0.15, 0.2) is 5.57 Å². The van der Waals surface area contributed by atoms with Crippen molar-refractivity contribution in [2.45, 2.75) is 6.43 Å². The van der Waals surface area contributed by atoms with E-state index in [2.05, 4.69) is 9.47 Å². The number of hydrogen-bond acceptors (Lipinski definition) is 3. The Labute approximate surface area is 86.8 Å². The number of halogens is 2. The molecular weight excluding hydrogens is 208 g/mol. The predicted octanol–water partition coefficient (Wildman–Crippen LogP) is 0.668. The lowest BCUT2D eigenvalue weighted by Gasteiger charge is -2.05. The molecule has 0 bridgehead atoms. The van der Waals surface area contributed by atoms with Gasteiger partial charge in [0.25, 0.3) is 5.71 Å². The van der Waals surface area contributed by atoms with Crippen molar-refractivity contribution in [1.82, 2.24) is 0 Å². The van der Waals surface area contributed by atoms with Crippen molar-refractivity contribution in [1.29, 1.82) is 0 Å². The Kier molecular flexibility index (Phi) is 5.51. The molecule has 0 heterocycles. The van der Waals surface area contributed by atoms with Crippen LogP contribution in [-0.2, 0) is 14.3 Å². The maximum Gasteiger partial charge on any atom is 0.347 e. The highest BCUT2D eigenvalue weighted by atomic mass is 19.3. The molecule has 0 unspecified atom stereocenters. The lowest BCUT2D eigenvalue weighted by atomic mass is 10.2. The Hall–Kier alpha value is -1.46. The molecule has 0 aliphatic carbocycles. The predicted molar refractivity (Wildman–Crippen MR) is 50.2 cm³/mol. The third-order valence-corrected chi connectivity index (χ3v) is 1.61. The largest absolute Gasteiger partial charge is 0.503 e. The highest BCUT2D eigenvalue weighted by Crippen LogP contribution is 2.09. The fraction of sp³-hybridized carbons (Fsp3) is 0.556. The van der Waals surface area contributed by atoms with Crippen LogP contribution in [0.3, 0.4) is 0 Å². The smallest absolute Gasteiger partial charge is 0.347 e. The van der Waals surface area contributed by atoms with Gasteiger partial charge in [0.05, 0.1) is 14.2 Å². The molecule has 0 fully saturated rings. The molecule has 0 N–H and O–H groups in total. The number of ether oxygens (including phenoxy) is 2. The van der Waals surface area contributed by atoms with Crippen molar-refractivity contribution >= 4 is 11.7 Å². The van der Waals surface area contributed by atoms with Crippen LogP contribution in [-0.4, -0.2) is 51.0 Å². The fourth-order valence-corrected chi connectivity index (χ4v) is 0.994. The molecule has 0 aromatic carbocycles. The van der Waals surface area contributed by atoms with Gasteiger partial charge in [0, 0.05) is 0 Å². The molecule has 4 nitrogen and oxygen atoms in total. The van der Waals surface area contributed by atoms with Crippen LogP contribution in [0.4, 0.5) is 8.78 Å². The minimum atomic E-state index is -2.78. The van der Waals surface area contributed by atoms with E-state index in [1.807, 2.05) is 0 Å². The molecule has 0 aliphatic heterocycles. The van der Waals surface area contributed by atoms with Crippen molar-refractivity contribution in [2.24, 2.45) is 0 Å². The van der Waals surface area contributed by atoms with E-state index in [9.17, 15) is 13.6 Å². The van der Waals surface area contributed by atoms with Crippen LogP contribution in [0.25, 0.3) is 0 Å². The van der Waals surface area contributed by atoms with E-state index in [1.54, 1.807) is 0 Å². The van der Waals surface area contributed by atoms with Crippen molar-refractivity contribution in [3.63, 3.8) is 0 Å². The number of carbonyl (C=O) groups excluding carboxylic acids is 1. The summed E-state index contributed by atoms with van der Waals surface area (Å²) in [5.41, 5.74) is -0.733. The number of alkyl halides is 2. The Bertz CT molecular complexity index is 294. The van der Waals surface area contributed by atoms with E-state index >= 15 is 0 Å². The van der Waals surface area contributed by atoms with E-state index in [-0.39, 0.29) is 5.57 Å². The van der Waals surface area contributed by atoms with Crippen LogP contribution < -0.4 is 0 Å². The van der Waals surface area contributed by atoms with Crippen LogP contribution >= 0.6 is 0 Å². The summed E-state index contributed by atoms with van der Waals surface area (Å²) >= 11 is 0. The van der Waals surface area contributed by atoms with Crippen molar-refractivity contribution in [2.75, 3.05) is 28.3 Å². The zero-order valence-electron chi connectivity index (χ0n) is 9.08. The first kappa shape index (κ1) is 13.5. The maximum absolute atomic E-state index is 12.6. The summed E-state index contributed by atoms with van der Waals surface area (Å²) in [5, 5.41) is 0. The minimum Gasteiger partial charge on any atom is -0.503 e. The van der Waals surface area contributed by atoms with Gasteiger partial charge in [-0.05, 0) is 0 Å². The second-order valence-corrected chi connectivity index (χ2v) is 2.84. The van der Waals surface area contributed by atoms with Gasteiger partial charge in [0.2, 0.25) is 0 Å². The lowest BCUT2D eigenvalue weighted by molar-refractivity contribution is -0.467. The van der Waals surface area contributed by atoms with Gasteiger partial charge in [-0.3, -0.25) is 0 Å². The molecule has 0 atom stereocenters. The van der Waals surface area contributed by atoms with Crippen molar-refractivity contribution < 1.29 is 27.6 Å². The molecule has 15 heavy (non-hydrogen) atoms. The van der Waals surface area contributed by atoms with Gasteiger partial charge in [-0.1, -0.05) is 0 Å². The normalized spacial score (nSPS) is 11.3. The zero-order valence-corrected chi connectivity index (χ0v) is 9.08. The van der Waals surface area contributed by atoms with E-state index in [4.69, 9.17) is 0 Å². The number of methoxy groups -OCH3 is 2. The van der Waals surface area contributed by atoms with Gasteiger partial charge in [-0.25, -0.2) is 9.37 Å². The van der Waals surface area contributed by atoms with E-state index in [1.165, 1.54) is 21.2 Å². The molecule has 0 spiro atoms. The SMILES string of the molecule is CO/C=C(\C(=O)OC)C(C(F)F)=[N+](C)C. The fourth-order valence-electron chi connectivity index (χ4n) is 0.994. The van der Waals surface area contributed by atoms with E-state index < -0.39 is 18.1 Å². The van der Waals surface area contributed by atoms with Gasteiger partial charge in [-0.2, -0.15) is 8.78 Å². The third-order valence-electron chi connectivity index (χ3n) is 1.61. The first-order chi connectivity index (χ1) is 6.95. The quantitative estimate of drug-likeness (QED) is 0.231. The average molecular weight is 222 g/mol.